The monoisotopic (exact) mass is 721 g/mol. The molecular weight excluding hydrogens is 678 g/mol. The molecule has 0 bridgehead atoms. The third-order valence-corrected chi connectivity index (χ3v) is 7.58. The number of carbonyl (C=O) groups is 4. The number of aromatic nitrogens is 4. The number of nitrogens with one attached hydrogen (secondary N) is 3. The number of alkyl carbamates (subject to hydrolysis) is 2. The number of amides is 2. The summed E-state index contributed by atoms with van der Waals surface area (Å²) in [6.07, 6.45) is -1.39. The van der Waals surface area contributed by atoms with Crippen LogP contribution in [-0.2, 0) is 53.2 Å². The first-order valence-corrected chi connectivity index (χ1v) is 16.5. The highest BCUT2D eigenvalue weighted by molar-refractivity contribution is 5.82. The van der Waals surface area contributed by atoms with Gasteiger partial charge in [-0.1, -0.05) is 88.4 Å². The van der Waals surface area contributed by atoms with Gasteiger partial charge in [0.25, 0.3) is 5.56 Å². The number of carbonyl (C=O) groups excluding carboxylic acids is 4. The van der Waals surface area contributed by atoms with Gasteiger partial charge in [0.2, 0.25) is 5.95 Å². The van der Waals surface area contributed by atoms with Gasteiger partial charge in [0.15, 0.2) is 11.2 Å². The molecule has 2 aromatic heterocycles. The van der Waals surface area contributed by atoms with Crippen LogP contribution in [0.4, 0.5) is 15.5 Å². The molecule has 2 aromatic carbocycles. The van der Waals surface area contributed by atoms with E-state index in [2.05, 4.69) is 25.6 Å². The van der Waals surface area contributed by atoms with Crippen molar-refractivity contribution in [2.45, 2.75) is 65.8 Å². The van der Waals surface area contributed by atoms with E-state index in [1.807, 2.05) is 36.4 Å². The average Bonchev–Trinajstić information content (AvgIpc) is 3.54. The van der Waals surface area contributed by atoms with Crippen molar-refractivity contribution in [2.24, 2.45) is 11.8 Å². The smallest absolute Gasteiger partial charge is 0.408 e. The zero-order chi connectivity index (χ0) is 37.6. The fraction of sp³-hybridized carbons (Fsp3) is 0.400. The predicted octanol–water partition coefficient (Wildman–Crippen LogP) is 3.03. The second-order valence-electron chi connectivity index (χ2n) is 12.4. The topological polar surface area (TPSA) is 228 Å². The molecule has 17 heteroatoms. The molecule has 4 rings (SSSR count). The molecule has 0 fully saturated rings. The number of esters is 2. The van der Waals surface area contributed by atoms with Crippen LogP contribution in [0.1, 0.15) is 38.8 Å². The van der Waals surface area contributed by atoms with E-state index in [4.69, 9.17) is 29.4 Å². The van der Waals surface area contributed by atoms with Gasteiger partial charge in [0.05, 0.1) is 6.33 Å². The number of aromatic amines is 1. The molecule has 0 spiro atoms. The van der Waals surface area contributed by atoms with E-state index in [1.54, 1.807) is 52.0 Å². The molecule has 0 saturated heterocycles. The van der Waals surface area contributed by atoms with Crippen molar-refractivity contribution in [1.82, 2.24) is 30.2 Å². The molecule has 5 N–H and O–H groups in total. The number of rotatable bonds is 17. The minimum absolute atomic E-state index is 0.000101. The molecule has 0 aliphatic heterocycles. The highest BCUT2D eigenvalue weighted by atomic mass is 16.6. The molecule has 4 aromatic rings. The summed E-state index contributed by atoms with van der Waals surface area (Å²) in [5.41, 5.74) is 6.83. The zero-order valence-corrected chi connectivity index (χ0v) is 29.3. The second-order valence-corrected chi connectivity index (χ2v) is 12.4. The average molecular weight is 722 g/mol. The number of hydrogen-bond donors (Lipinski definition) is 4. The second kappa shape index (κ2) is 18.9. The molecule has 1 unspecified atom stereocenters. The van der Waals surface area contributed by atoms with Gasteiger partial charge in [0.1, 0.15) is 51.3 Å². The third kappa shape index (κ3) is 11.5. The van der Waals surface area contributed by atoms with E-state index in [9.17, 15) is 24.0 Å². The molecular formula is C35H43N7O10. The van der Waals surface area contributed by atoms with Crippen LogP contribution in [0.5, 0.6) is 0 Å². The van der Waals surface area contributed by atoms with Crippen LogP contribution in [0.2, 0.25) is 0 Å². The normalized spacial score (nSPS) is 12.9. The summed E-state index contributed by atoms with van der Waals surface area (Å²) in [7, 11) is 0. The Labute approximate surface area is 299 Å². The van der Waals surface area contributed by atoms with Crippen LogP contribution in [0.15, 0.2) is 71.8 Å². The lowest BCUT2D eigenvalue weighted by molar-refractivity contribution is -0.161. The minimum Gasteiger partial charge on any atom is -0.461 e. The Bertz CT molecular complexity index is 1760. The highest BCUT2D eigenvalue weighted by Gasteiger charge is 2.30. The third-order valence-electron chi connectivity index (χ3n) is 7.58. The van der Waals surface area contributed by atoms with Crippen molar-refractivity contribution < 1.29 is 42.9 Å². The van der Waals surface area contributed by atoms with Gasteiger partial charge < -0.3 is 40.1 Å². The fourth-order valence-electron chi connectivity index (χ4n) is 4.70. The highest BCUT2D eigenvalue weighted by Crippen LogP contribution is 2.12. The molecule has 0 radical (unpaired) electrons. The van der Waals surface area contributed by atoms with Crippen molar-refractivity contribution in [3.63, 3.8) is 0 Å². The lowest BCUT2D eigenvalue weighted by Crippen LogP contribution is -2.47. The van der Waals surface area contributed by atoms with Crippen LogP contribution in [0, 0.1) is 11.8 Å². The van der Waals surface area contributed by atoms with Crippen LogP contribution in [-0.4, -0.2) is 75.0 Å². The summed E-state index contributed by atoms with van der Waals surface area (Å²) < 4.78 is 28.9. The number of ether oxygens (including phenoxy) is 5. The van der Waals surface area contributed by atoms with E-state index < -0.39 is 61.1 Å². The Balaban J connectivity index is 1.40. The van der Waals surface area contributed by atoms with Crippen molar-refractivity contribution in [1.29, 1.82) is 0 Å². The van der Waals surface area contributed by atoms with Crippen molar-refractivity contribution in [3.05, 3.63) is 88.5 Å². The molecule has 52 heavy (non-hydrogen) atoms. The Morgan fingerprint density at radius 2 is 1.25 bits per heavy atom. The van der Waals surface area contributed by atoms with E-state index in [1.165, 1.54) is 10.9 Å². The van der Waals surface area contributed by atoms with E-state index in [-0.39, 0.29) is 48.9 Å². The fourth-order valence-corrected chi connectivity index (χ4v) is 4.70. The maximum atomic E-state index is 13.2. The lowest BCUT2D eigenvalue weighted by Gasteiger charge is -2.24. The van der Waals surface area contributed by atoms with Crippen LogP contribution < -0.4 is 21.9 Å². The predicted molar refractivity (Wildman–Crippen MR) is 186 cm³/mol. The van der Waals surface area contributed by atoms with Gasteiger partial charge in [-0.25, -0.2) is 24.2 Å². The van der Waals surface area contributed by atoms with Crippen LogP contribution in [0.3, 0.4) is 0 Å². The summed E-state index contributed by atoms with van der Waals surface area (Å²) in [6.45, 7) is 5.76. The van der Waals surface area contributed by atoms with Crippen molar-refractivity contribution >= 4 is 41.2 Å². The number of nitrogens with zero attached hydrogens (tertiary/aromatic N) is 3. The first-order chi connectivity index (χ1) is 24.9. The van der Waals surface area contributed by atoms with Crippen molar-refractivity contribution in [2.75, 3.05) is 18.9 Å². The molecule has 3 atom stereocenters. The van der Waals surface area contributed by atoms with E-state index in [0.717, 1.165) is 11.1 Å². The Hall–Kier alpha value is -5.97. The van der Waals surface area contributed by atoms with Gasteiger partial charge in [-0.2, -0.15) is 4.98 Å². The van der Waals surface area contributed by atoms with Gasteiger partial charge in [0, 0.05) is 0 Å². The number of anilines is 1. The van der Waals surface area contributed by atoms with Gasteiger partial charge in [-0.3, -0.25) is 14.3 Å². The summed E-state index contributed by atoms with van der Waals surface area (Å²) in [4.78, 5) is 74.2. The summed E-state index contributed by atoms with van der Waals surface area (Å²) in [5.74, 6) is -2.49. The number of fused-ring (bicyclic) bond motifs is 1. The van der Waals surface area contributed by atoms with Crippen LogP contribution in [0.25, 0.3) is 11.2 Å². The number of H-pyrrole nitrogens is 1. The molecule has 2 heterocycles. The maximum Gasteiger partial charge on any atom is 0.408 e. The van der Waals surface area contributed by atoms with Gasteiger partial charge >= 0.3 is 24.1 Å². The number of nitrogen functional groups attached to an aromatic ring is 1. The minimum atomic E-state index is -1.08. The molecule has 278 valence electrons. The Morgan fingerprint density at radius 3 is 1.71 bits per heavy atom. The first kappa shape index (κ1) is 38.8. The molecule has 2 amide bonds. The first-order valence-electron chi connectivity index (χ1n) is 16.5. The number of hydrogen-bond acceptors (Lipinski definition) is 13. The molecule has 17 nitrogen and oxygen atoms in total. The van der Waals surface area contributed by atoms with Crippen LogP contribution >= 0.6 is 0 Å². The van der Waals surface area contributed by atoms with Crippen molar-refractivity contribution in [3.8, 4) is 0 Å². The summed E-state index contributed by atoms with van der Waals surface area (Å²) >= 11 is 0. The summed E-state index contributed by atoms with van der Waals surface area (Å²) in [5, 5.41) is 5.07. The largest absolute Gasteiger partial charge is 0.461 e. The maximum absolute atomic E-state index is 13.2. The molecule has 0 aliphatic carbocycles. The lowest BCUT2D eigenvalue weighted by atomic mass is 10.1. The molecule has 0 saturated carbocycles. The number of imidazole rings is 1. The Kier molecular flexibility index (Phi) is 14.1. The summed E-state index contributed by atoms with van der Waals surface area (Å²) in [6, 6.07) is 15.9. The van der Waals surface area contributed by atoms with E-state index in [0.29, 0.717) is 0 Å². The standard InChI is InChI=1S/C35H43N7O10/c1-21(2)26(38-34(46)50-15-23-11-7-5-8-12-23)31(44)48-17-25(52-20-42-19-37-28-29(42)40-33(36)41-30(28)43)18-49-32(45)27(22(3)4)39-35(47)51-16-24-13-9-6-10-14-24/h5-14,19,21-22,25-27H,15-18,20H2,1-4H3,(H,38,46)(H,39,47)(H3,36,40,41,43)/t25?,26-,27+. The zero-order valence-electron chi connectivity index (χ0n) is 29.3. The molecule has 0 aliphatic rings. The number of nitrogens with two attached hydrogens (primary N) is 1. The SMILES string of the molecule is CC(C)[C@H](NC(=O)OCc1ccccc1)C(=O)OCC(COC(=O)[C@H](NC(=O)OCc1ccccc1)C(C)C)OCn1cnc2c(=O)[nH]c(N)nc21. The quantitative estimate of drug-likeness (QED) is 0.0909. The van der Waals surface area contributed by atoms with Gasteiger partial charge in [-0.05, 0) is 23.0 Å². The number of benzene rings is 2. The van der Waals surface area contributed by atoms with Gasteiger partial charge in [-0.15, -0.1) is 0 Å². The Morgan fingerprint density at radius 1 is 0.769 bits per heavy atom. The van der Waals surface area contributed by atoms with E-state index >= 15 is 0 Å².